The third-order valence-corrected chi connectivity index (χ3v) is 1.15. The third kappa shape index (κ3) is 4.71. The number of hydrogen-bond acceptors (Lipinski definition) is 2. The van der Waals surface area contributed by atoms with Crippen molar-refractivity contribution in [3.8, 4) is 0 Å². The number of nitrogens with zero attached hydrogens (tertiary/aromatic N) is 2. The lowest BCUT2D eigenvalue weighted by Gasteiger charge is -1.92. The minimum atomic E-state index is -0.634. The monoisotopic (exact) mass is 180 g/mol. The van der Waals surface area contributed by atoms with Gasteiger partial charge in [0.1, 0.15) is 0 Å². The van der Waals surface area contributed by atoms with Crippen LogP contribution in [0, 0.1) is 0 Å². The average Bonchev–Trinajstić information content (AvgIpc) is 2.13. The van der Waals surface area contributed by atoms with E-state index >= 15 is 0 Å². The summed E-state index contributed by atoms with van der Waals surface area (Å²) in [6, 6.07) is 0. The van der Waals surface area contributed by atoms with Gasteiger partial charge in [-0.3, -0.25) is 0 Å². The zero-order valence-electron chi connectivity index (χ0n) is 7.73. The Hall–Kier alpha value is -1.67. The first kappa shape index (κ1) is 11.3. The Balaban J connectivity index is 4.37. The molecule has 0 heterocycles. The highest BCUT2D eigenvalue weighted by atomic mass is 16.5. The summed E-state index contributed by atoms with van der Waals surface area (Å²) in [7, 11) is 0. The quantitative estimate of drug-likeness (QED) is 0.215. The summed E-state index contributed by atoms with van der Waals surface area (Å²) < 4.78 is 4.62. The lowest BCUT2D eigenvalue weighted by Crippen LogP contribution is -2.16. The van der Waals surface area contributed by atoms with Crippen molar-refractivity contribution in [1.82, 2.24) is 0 Å². The van der Waals surface area contributed by atoms with Gasteiger partial charge in [0.25, 0.3) is 0 Å². The summed E-state index contributed by atoms with van der Waals surface area (Å²) in [5.41, 5.74) is 8.32. The van der Waals surface area contributed by atoms with Crippen LogP contribution in [0.4, 0.5) is 0 Å². The van der Waals surface area contributed by atoms with E-state index in [4.69, 9.17) is 5.53 Å². The van der Waals surface area contributed by atoms with Crippen LogP contribution < -0.4 is 0 Å². The summed E-state index contributed by atoms with van der Waals surface area (Å²) in [5, 5.41) is 0. The molecule has 0 aliphatic heterocycles. The van der Waals surface area contributed by atoms with Crippen molar-refractivity contribution in [2.45, 2.75) is 13.8 Å². The molecule has 4 nitrogen and oxygen atoms in total. The molecule has 0 fully saturated rings. The standard InChI is InChI=1S/C9H12N2O2/c1-3-5-6-7-8(11-10)9(12)13-4-2/h3,5-7H,4H2,1-2H3/b5-3+,7-6+. The summed E-state index contributed by atoms with van der Waals surface area (Å²) in [5.74, 6) is -0.634. The molecule has 0 atom stereocenters. The topological polar surface area (TPSA) is 62.7 Å². The molecular weight excluding hydrogens is 168 g/mol. The molecule has 0 aromatic rings. The second-order valence-electron chi connectivity index (χ2n) is 2.09. The minimum absolute atomic E-state index is 0.111. The highest BCUT2D eigenvalue weighted by Crippen LogP contribution is 1.85. The zero-order valence-corrected chi connectivity index (χ0v) is 7.73. The van der Waals surface area contributed by atoms with Crippen LogP contribution in [-0.4, -0.2) is 23.1 Å². The minimum Gasteiger partial charge on any atom is -0.457 e. The maximum Gasteiger partial charge on any atom is 0.421 e. The highest BCUT2D eigenvalue weighted by molar-refractivity contribution is 6.38. The molecular formula is C9H12N2O2. The maximum absolute atomic E-state index is 11.0. The molecule has 0 aromatic heterocycles. The number of allylic oxidation sites excluding steroid dienone is 3. The fraction of sp³-hybridized carbons (Fsp3) is 0.333. The van der Waals surface area contributed by atoms with Crippen LogP contribution in [0.25, 0.3) is 5.53 Å². The Labute approximate surface area is 77.1 Å². The van der Waals surface area contributed by atoms with Gasteiger partial charge in [-0.05, 0) is 13.8 Å². The Kier molecular flexibility index (Phi) is 6.11. The molecule has 0 saturated heterocycles. The van der Waals surface area contributed by atoms with E-state index in [1.54, 1.807) is 25.2 Å². The molecule has 0 unspecified atom stereocenters. The molecule has 0 N–H and O–H groups in total. The largest absolute Gasteiger partial charge is 0.457 e. The molecule has 0 bridgehead atoms. The van der Waals surface area contributed by atoms with Crippen molar-refractivity contribution >= 4 is 11.7 Å². The Morgan fingerprint density at radius 1 is 1.54 bits per heavy atom. The molecule has 0 aliphatic rings. The van der Waals surface area contributed by atoms with Crippen molar-refractivity contribution in [2.24, 2.45) is 0 Å². The van der Waals surface area contributed by atoms with Gasteiger partial charge >= 0.3 is 11.7 Å². The van der Waals surface area contributed by atoms with E-state index in [1.165, 1.54) is 6.08 Å². The first-order chi connectivity index (χ1) is 6.26. The van der Waals surface area contributed by atoms with Gasteiger partial charge in [-0.25, -0.2) is 4.79 Å². The molecule has 0 spiro atoms. The number of carbonyl (C=O) groups is 1. The van der Waals surface area contributed by atoms with E-state index in [9.17, 15) is 4.79 Å². The molecule has 13 heavy (non-hydrogen) atoms. The van der Waals surface area contributed by atoms with Crippen LogP contribution in [-0.2, 0) is 9.53 Å². The summed E-state index contributed by atoms with van der Waals surface area (Å²) in [4.78, 5) is 13.8. The first-order valence-corrected chi connectivity index (χ1v) is 3.94. The average molecular weight is 180 g/mol. The van der Waals surface area contributed by atoms with Crippen LogP contribution in [0.2, 0.25) is 0 Å². The van der Waals surface area contributed by atoms with Gasteiger partial charge in [0, 0.05) is 6.08 Å². The molecule has 0 rings (SSSR count). The van der Waals surface area contributed by atoms with Crippen molar-refractivity contribution in [1.29, 1.82) is 0 Å². The summed E-state index contributed by atoms with van der Waals surface area (Å²) in [6.07, 6.45) is 6.46. The normalized spacial score (nSPS) is 10.3. The van der Waals surface area contributed by atoms with Crippen LogP contribution in [0.15, 0.2) is 24.3 Å². The fourth-order valence-corrected chi connectivity index (χ4v) is 0.605. The van der Waals surface area contributed by atoms with E-state index < -0.39 is 5.97 Å². The molecule has 0 aliphatic carbocycles. The summed E-state index contributed by atoms with van der Waals surface area (Å²) >= 11 is 0. The fourth-order valence-electron chi connectivity index (χ4n) is 0.605. The number of ether oxygens (including phenoxy) is 1. The molecule has 70 valence electrons. The van der Waals surface area contributed by atoms with Crippen LogP contribution in [0.5, 0.6) is 0 Å². The van der Waals surface area contributed by atoms with E-state index in [1.807, 2.05) is 6.92 Å². The summed E-state index contributed by atoms with van der Waals surface area (Å²) in [6.45, 7) is 3.78. The van der Waals surface area contributed by atoms with Gasteiger partial charge in [0.05, 0.1) is 6.61 Å². The van der Waals surface area contributed by atoms with E-state index in [-0.39, 0.29) is 12.3 Å². The lowest BCUT2D eigenvalue weighted by atomic mass is 10.3. The van der Waals surface area contributed by atoms with Gasteiger partial charge in [0.2, 0.25) is 0 Å². The number of rotatable bonds is 4. The maximum atomic E-state index is 11.0. The van der Waals surface area contributed by atoms with E-state index in [2.05, 4.69) is 9.53 Å². The SMILES string of the molecule is C/C=C/C=C/C(=[N+]=[N-])C(=O)OCC. The van der Waals surface area contributed by atoms with Crippen LogP contribution >= 0.6 is 0 Å². The van der Waals surface area contributed by atoms with Gasteiger partial charge < -0.3 is 10.3 Å². The van der Waals surface area contributed by atoms with Gasteiger partial charge in [-0.1, -0.05) is 18.2 Å². The second kappa shape index (κ2) is 7.00. The van der Waals surface area contributed by atoms with Gasteiger partial charge in [-0.15, -0.1) is 0 Å². The molecule has 0 radical (unpaired) electrons. The van der Waals surface area contributed by atoms with E-state index in [0.29, 0.717) is 0 Å². The molecule has 0 saturated carbocycles. The van der Waals surface area contributed by atoms with Crippen LogP contribution in [0.1, 0.15) is 13.8 Å². The first-order valence-electron chi connectivity index (χ1n) is 3.94. The molecule has 0 amide bonds. The van der Waals surface area contributed by atoms with Gasteiger partial charge in [0.15, 0.2) is 0 Å². The Morgan fingerprint density at radius 2 is 2.23 bits per heavy atom. The number of hydrogen-bond donors (Lipinski definition) is 0. The van der Waals surface area contributed by atoms with Crippen molar-refractivity contribution in [3.05, 3.63) is 29.8 Å². The number of carbonyl (C=O) groups excluding carboxylic acids is 1. The molecule has 4 heteroatoms. The predicted molar refractivity (Wildman–Crippen MR) is 49.2 cm³/mol. The highest BCUT2D eigenvalue weighted by Gasteiger charge is 2.16. The van der Waals surface area contributed by atoms with Crippen LogP contribution in [0.3, 0.4) is 0 Å². The smallest absolute Gasteiger partial charge is 0.421 e. The van der Waals surface area contributed by atoms with Crippen molar-refractivity contribution in [3.63, 3.8) is 0 Å². The van der Waals surface area contributed by atoms with E-state index in [0.717, 1.165) is 0 Å². The van der Waals surface area contributed by atoms with Crippen molar-refractivity contribution < 1.29 is 14.3 Å². The zero-order chi connectivity index (χ0) is 10.1. The Bertz CT molecular complexity index is 273. The third-order valence-electron chi connectivity index (χ3n) is 1.15. The predicted octanol–water partition coefficient (Wildman–Crippen LogP) is 1.35. The number of esters is 1. The Morgan fingerprint density at radius 3 is 2.69 bits per heavy atom. The molecule has 0 aromatic carbocycles. The second-order valence-corrected chi connectivity index (χ2v) is 2.09. The van der Waals surface area contributed by atoms with Gasteiger partial charge in [-0.2, -0.15) is 4.79 Å². The lowest BCUT2D eigenvalue weighted by molar-refractivity contribution is -0.139. The van der Waals surface area contributed by atoms with Crippen molar-refractivity contribution in [2.75, 3.05) is 6.61 Å².